The van der Waals surface area contributed by atoms with Crippen LogP contribution in [0.2, 0.25) is 0 Å². The number of carbonyl (C=O) groups is 1. The van der Waals surface area contributed by atoms with Crippen LogP contribution in [0.15, 0.2) is 48.7 Å². The van der Waals surface area contributed by atoms with Crippen LogP contribution in [0, 0.1) is 0 Å². The molecule has 2 rings (SSSR count). The van der Waals surface area contributed by atoms with E-state index in [0.717, 1.165) is 17.0 Å². The summed E-state index contributed by atoms with van der Waals surface area (Å²) in [5.41, 5.74) is 1.82. The van der Waals surface area contributed by atoms with Crippen molar-refractivity contribution in [3.8, 4) is 5.75 Å². The molecule has 0 fully saturated rings. The average Bonchev–Trinajstić information content (AvgIpc) is 2.53. The molecule has 0 radical (unpaired) electrons. The van der Waals surface area contributed by atoms with E-state index in [9.17, 15) is 4.79 Å². The maximum absolute atomic E-state index is 12.0. The molecule has 2 amide bonds. The summed E-state index contributed by atoms with van der Waals surface area (Å²) in [6.07, 6.45) is 1.83. The van der Waals surface area contributed by atoms with Gasteiger partial charge in [-0.3, -0.25) is 4.98 Å². The molecule has 1 atom stereocenters. The number of urea groups is 1. The minimum atomic E-state index is -0.224. The molecule has 122 valence electrons. The Labute approximate surface area is 137 Å². The number of nitrogens with zero attached hydrogens (tertiary/aromatic N) is 1. The van der Waals surface area contributed by atoms with Crippen molar-refractivity contribution in [2.45, 2.75) is 39.5 Å². The van der Waals surface area contributed by atoms with Crippen LogP contribution in [0.3, 0.4) is 0 Å². The number of pyridine rings is 1. The molecule has 2 N–H and O–H groups in total. The van der Waals surface area contributed by atoms with Crippen molar-refractivity contribution in [3.05, 3.63) is 59.9 Å². The molecule has 0 bridgehead atoms. The second-order valence-corrected chi connectivity index (χ2v) is 5.61. The van der Waals surface area contributed by atoms with Crippen LogP contribution in [-0.4, -0.2) is 17.1 Å². The average molecular weight is 313 g/mol. The summed E-state index contributed by atoms with van der Waals surface area (Å²) in [5, 5.41) is 5.72. The number of hydrogen-bond acceptors (Lipinski definition) is 3. The van der Waals surface area contributed by atoms with Gasteiger partial charge < -0.3 is 15.4 Å². The predicted octanol–water partition coefficient (Wildman–Crippen LogP) is 3.43. The van der Waals surface area contributed by atoms with Crippen LogP contribution in [0.1, 0.15) is 38.1 Å². The first-order chi connectivity index (χ1) is 11.0. The molecule has 0 saturated carbocycles. The summed E-state index contributed by atoms with van der Waals surface area (Å²) in [7, 11) is 0. The topological polar surface area (TPSA) is 63.2 Å². The van der Waals surface area contributed by atoms with Crippen molar-refractivity contribution in [2.75, 3.05) is 0 Å². The predicted molar refractivity (Wildman–Crippen MR) is 90.2 cm³/mol. The lowest BCUT2D eigenvalue weighted by Gasteiger charge is -2.17. The fraction of sp³-hybridized carbons (Fsp3) is 0.333. The monoisotopic (exact) mass is 313 g/mol. The van der Waals surface area contributed by atoms with Crippen LogP contribution in [0.5, 0.6) is 5.75 Å². The van der Waals surface area contributed by atoms with E-state index in [1.165, 1.54) is 0 Å². The summed E-state index contributed by atoms with van der Waals surface area (Å²) in [5.74, 6) is 0.806. The summed E-state index contributed by atoms with van der Waals surface area (Å²) >= 11 is 0. The van der Waals surface area contributed by atoms with Gasteiger partial charge in [-0.15, -0.1) is 0 Å². The zero-order chi connectivity index (χ0) is 16.7. The zero-order valence-electron chi connectivity index (χ0n) is 13.7. The summed E-state index contributed by atoms with van der Waals surface area (Å²) in [4.78, 5) is 16.1. The number of ether oxygens (including phenoxy) is 1. The van der Waals surface area contributed by atoms with E-state index in [4.69, 9.17) is 4.74 Å². The summed E-state index contributed by atoms with van der Waals surface area (Å²) in [6, 6.07) is 13.0. The van der Waals surface area contributed by atoms with Crippen LogP contribution in [-0.2, 0) is 6.54 Å². The minimum absolute atomic E-state index is 0.116. The molecule has 5 nitrogen and oxygen atoms in total. The molecule has 23 heavy (non-hydrogen) atoms. The SMILES string of the molecule is CC(C)Oc1cccc(C(C)NC(=O)NCc2ccccn2)c1. The highest BCUT2D eigenvalue weighted by Crippen LogP contribution is 2.20. The molecule has 5 heteroatoms. The lowest BCUT2D eigenvalue weighted by Crippen LogP contribution is -2.36. The Hall–Kier alpha value is -2.56. The molecule has 2 aromatic rings. The molecule has 0 aliphatic heterocycles. The Bertz CT molecular complexity index is 629. The van der Waals surface area contributed by atoms with E-state index in [2.05, 4.69) is 15.6 Å². The van der Waals surface area contributed by atoms with Gasteiger partial charge in [-0.05, 0) is 50.6 Å². The summed E-state index contributed by atoms with van der Waals surface area (Å²) in [6.45, 7) is 6.31. The maximum atomic E-state index is 12.0. The lowest BCUT2D eigenvalue weighted by atomic mass is 10.1. The minimum Gasteiger partial charge on any atom is -0.491 e. The highest BCUT2D eigenvalue weighted by molar-refractivity contribution is 5.74. The number of carbonyl (C=O) groups excluding carboxylic acids is 1. The number of hydrogen-bond donors (Lipinski definition) is 2. The molecular formula is C18H23N3O2. The quantitative estimate of drug-likeness (QED) is 0.859. The van der Waals surface area contributed by atoms with Gasteiger partial charge in [0, 0.05) is 6.20 Å². The molecule has 1 unspecified atom stereocenters. The number of nitrogens with one attached hydrogen (secondary N) is 2. The Balaban J connectivity index is 1.88. The molecule has 1 aromatic carbocycles. The molecule has 1 heterocycles. The third kappa shape index (κ3) is 5.62. The first kappa shape index (κ1) is 16.8. The van der Waals surface area contributed by atoms with Crippen LogP contribution < -0.4 is 15.4 Å². The fourth-order valence-electron chi connectivity index (χ4n) is 2.13. The van der Waals surface area contributed by atoms with Gasteiger partial charge in [-0.2, -0.15) is 0 Å². The van der Waals surface area contributed by atoms with Crippen LogP contribution in [0.25, 0.3) is 0 Å². The highest BCUT2D eigenvalue weighted by atomic mass is 16.5. The Kier molecular flexibility index (Phi) is 5.97. The van der Waals surface area contributed by atoms with Crippen molar-refractivity contribution in [2.24, 2.45) is 0 Å². The molecule has 0 saturated heterocycles. The highest BCUT2D eigenvalue weighted by Gasteiger charge is 2.10. The van der Waals surface area contributed by atoms with Crippen molar-refractivity contribution in [3.63, 3.8) is 0 Å². The van der Waals surface area contributed by atoms with Crippen molar-refractivity contribution in [1.29, 1.82) is 0 Å². The van der Waals surface area contributed by atoms with Gasteiger partial charge in [0.05, 0.1) is 24.4 Å². The number of amides is 2. The standard InChI is InChI=1S/C18H23N3O2/c1-13(2)23-17-9-6-7-15(11-17)14(3)21-18(22)20-12-16-8-4-5-10-19-16/h4-11,13-14H,12H2,1-3H3,(H2,20,21,22). The Morgan fingerprint density at radius 2 is 2.00 bits per heavy atom. The second kappa shape index (κ2) is 8.17. The van der Waals surface area contributed by atoms with Gasteiger partial charge in [-0.1, -0.05) is 18.2 Å². The first-order valence-electron chi connectivity index (χ1n) is 7.75. The van der Waals surface area contributed by atoms with Gasteiger partial charge >= 0.3 is 6.03 Å². The third-order valence-corrected chi connectivity index (χ3v) is 3.23. The van der Waals surface area contributed by atoms with Crippen molar-refractivity contribution >= 4 is 6.03 Å². The first-order valence-corrected chi connectivity index (χ1v) is 7.75. The van der Waals surface area contributed by atoms with E-state index in [1.807, 2.05) is 63.2 Å². The van der Waals surface area contributed by atoms with Gasteiger partial charge in [0.2, 0.25) is 0 Å². The molecule has 1 aromatic heterocycles. The van der Waals surface area contributed by atoms with Crippen LogP contribution >= 0.6 is 0 Å². The third-order valence-electron chi connectivity index (χ3n) is 3.23. The van der Waals surface area contributed by atoms with E-state index in [-0.39, 0.29) is 18.2 Å². The number of rotatable bonds is 6. The van der Waals surface area contributed by atoms with E-state index < -0.39 is 0 Å². The smallest absolute Gasteiger partial charge is 0.315 e. The second-order valence-electron chi connectivity index (χ2n) is 5.61. The fourth-order valence-corrected chi connectivity index (χ4v) is 2.13. The molecular weight excluding hydrogens is 290 g/mol. The number of aromatic nitrogens is 1. The number of benzene rings is 1. The normalized spacial score (nSPS) is 11.8. The Morgan fingerprint density at radius 3 is 2.70 bits per heavy atom. The van der Waals surface area contributed by atoms with Gasteiger partial charge in [0.25, 0.3) is 0 Å². The molecule has 0 aliphatic carbocycles. The van der Waals surface area contributed by atoms with Crippen molar-refractivity contribution in [1.82, 2.24) is 15.6 Å². The van der Waals surface area contributed by atoms with E-state index in [0.29, 0.717) is 6.54 Å². The largest absolute Gasteiger partial charge is 0.491 e. The van der Waals surface area contributed by atoms with E-state index >= 15 is 0 Å². The van der Waals surface area contributed by atoms with Gasteiger partial charge in [-0.25, -0.2) is 4.79 Å². The summed E-state index contributed by atoms with van der Waals surface area (Å²) < 4.78 is 5.68. The van der Waals surface area contributed by atoms with Gasteiger partial charge in [0.1, 0.15) is 5.75 Å². The zero-order valence-corrected chi connectivity index (χ0v) is 13.7. The molecule has 0 aliphatic rings. The van der Waals surface area contributed by atoms with Gasteiger partial charge in [0.15, 0.2) is 0 Å². The maximum Gasteiger partial charge on any atom is 0.315 e. The van der Waals surface area contributed by atoms with Crippen molar-refractivity contribution < 1.29 is 9.53 Å². The van der Waals surface area contributed by atoms with Crippen LogP contribution in [0.4, 0.5) is 4.79 Å². The van der Waals surface area contributed by atoms with E-state index in [1.54, 1.807) is 6.20 Å². The lowest BCUT2D eigenvalue weighted by molar-refractivity contribution is 0.236. The Morgan fingerprint density at radius 1 is 1.17 bits per heavy atom. The molecule has 0 spiro atoms.